The third kappa shape index (κ3) is 3.09. The monoisotopic (exact) mass is 305 g/mol. The number of aromatic nitrogens is 2. The third-order valence-corrected chi connectivity index (χ3v) is 3.71. The molecule has 2 aromatic rings. The third-order valence-electron chi connectivity index (χ3n) is 3.47. The molecule has 1 aliphatic carbocycles. The van der Waals surface area contributed by atoms with Gasteiger partial charge in [0.25, 0.3) is 5.91 Å². The number of benzene rings is 1. The molecule has 0 atom stereocenters. The number of aliphatic hydroxyl groups excluding tert-OH is 1. The van der Waals surface area contributed by atoms with Crippen molar-refractivity contribution in [3.05, 3.63) is 47.2 Å². The number of hydrogen-bond acceptors (Lipinski definition) is 3. The van der Waals surface area contributed by atoms with E-state index in [1.165, 1.54) is 0 Å². The van der Waals surface area contributed by atoms with Crippen molar-refractivity contribution < 1.29 is 9.90 Å². The van der Waals surface area contributed by atoms with Gasteiger partial charge in [-0.25, -0.2) is 4.68 Å². The lowest BCUT2D eigenvalue weighted by molar-refractivity contribution is 0.0701. The van der Waals surface area contributed by atoms with Crippen molar-refractivity contribution >= 4 is 17.5 Å². The summed E-state index contributed by atoms with van der Waals surface area (Å²) in [6.07, 6.45) is 3.74. The fraction of sp³-hybridized carbons (Fsp3) is 0.333. The summed E-state index contributed by atoms with van der Waals surface area (Å²) in [5.41, 5.74) is 1.19. The van der Waals surface area contributed by atoms with Crippen LogP contribution in [0.1, 0.15) is 23.3 Å². The molecular weight excluding hydrogens is 290 g/mol. The number of nitrogens with zero attached hydrogens (tertiary/aromatic N) is 3. The number of amides is 1. The van der Waals surface area contributed by atoms with Gasteiger partial charge in [-0.15, -0.1) is 0 Å². The Morgan fingerprint density at radius 1 is 1.43 bits per heavy atom. The van der Waals surface area contributed by atoms with E-state index in [1.54, 1.807) is 34.0 Å². The highest BCUT2D eigenvalue weighted by atomic mass is 35.5. The Balaban J connectivity index is 1.82. The summed E-state index contributed by atoms with van der Waals surface area (Å²) in [7, 11) is 0. The van der Waals surface area contributed by atoms with E-state index < -0.39 is 0 Å². The lowest BCUT2D eigenvalue weighted by atomic mass is 10.3. The fourth-order valence-electron chi connectivity index (χ4n) is 2.29. The Morgan fingerprint density at radius 2 is 2.24 bits per heavy atom. The van der Waals surface area contributed by atoms with Crippen LogP contribution >= 0.6 is 11.6 Å². The number of aliphatic hydroxyl groups is 1. The van der Waals surface area contributed by atoms with Crippen LogP contribution in [0.25, 0.3) is 5.69 Å². The van der Waals surface area contributed by atoms with E-state index in [9.17, 15) is 4.79 Å². The van der Waals surface area contributed by atoms with Crippen molar-refractivity contribution in [2.45, 2.75) is 18.9 Å². The van der Waals surface area contributed by atoms with Crippen LogP contribution in [0.2, 0.25) is 5.02 Å². The average molecular weight is 306 g/mol. The van der Waals surface area contributed by atoms with Crippen LogP contribution in [0.4, 0.5) is 0 Å². The highest BCUT2D eigenvalue weighted by Crippen LogP contribution is 2.27. The summed E-state index contributed by atoms with van der Waals surface area (Å²) in [5, 5.41) is 14.0. The maximum Gasteiger partial charge on any atom is 0.274 e. The van der Waals surface area contributed by atoms with Crippen LogP contribution in [0.5, 0.6) is 0 Å². The molecule has 5 nitrogen and oxygen atoms in total. The van der Waals surface area contributed by atoms with Crippen molar-refractivity contribution in [1.29, 1.82) is 0 Å². The SMILES string of the molecule is O=C(c1ccn(-c2cccc(Cl)c2)n1)N(CCO)C1CC1. The highest BCUT2D eigenvalue weighted by Gasteiger charge is 2.33. The van der Waals surface area contributed by atoms with Gasteiger partial charge in [-0.3, -0.25) is 4.79 Å². The Bertz CT molecular complexity index is 652. The summed E-state index contributed by atoms with van der Waals surface area (Å²) >= 11 is 5.96. The minimum absolute atomic E-state index is 0.0305. The molecule has 1 saturated carbocycles. The van der Waals surface area contributed by atoms with Gasteiger partial charge in [0.05, 0.1) is 12.3 Å². The van der Waals surface area contributed by atoms with E-state index in [0.29, 0.717) is 17.3 Å². The smallest absolute Gasteiger partial charge is 0.274 e. The molecule has 3 rings (SSSR count). The highest BCUT2D eigenvalue weighted by molar-refractivity contribution is 6.30. The van der Waals surface area contributed by atoms with Crippen molar-refractivity contribution in [3.63, 3.8) is 0 Å². The second-order valence-electron chi connectivity index (χ2n) is 5.08. The average Bonchev–Trinajstić information content (AvgIpc) is 3.20. The number of carbonyl (C=O) groups excluding carboxylic acids is 1. The van der Waals surface area contributed by atoms with E-state index in [2.05, 4.69) is 5.10 Å². The molecule has 0 spiro atoms. The van der Waals surface area contributed by atoms with E-state index in [4.69, 9.17) is 16.7 Å². The fourth-order valence-corrected chi connectivity index (χ4v) is 2.48. The first-order valence-electron chi connectivity index (χ1n) is 6.92. The normalized spacial score (nSPS) is 14.2. The molecule has 0 bridgehead atoms. The predicted octanol–water partition coefficient (Wildman–Crippen LogP) is 2.12. The van der Waals surface area contributed by atoms with Crippen molar-refractivity contribution in [2.24, 2.45) is 0 Å². The van der Waals surface area contributed by atoms with Crippen molar-refractivity contribution in [3.8, 4) is 5.69 Å². The molecule has 21 heavy (non-hydrogen) atoms. The quantitative estimate of drug-likeness (QED) is 0.920. The lowest BCUT2D eigenvalue weighted by Crippen LogP contribution is -2.35. The molecule has 110 valence electrons. The van der Waals surface area contributed by atoms with Gasteiger partial charge in [-0.05, 0) is 37.1 Å². The minimum Gasteiger partial charge on any atom is -0.395 e. The predicted molar refractivity (Wildman–Crippen MR) is 79.7 cm³/mol. The second kappa shape index (κ2) is 5.87. The maximum absolute atomic E-state index is 12.4. The minimum atomic E-state index is -0.132. The zero-order chi connectivity index (χ0) is 14.8. The first-order valence-corrected chi connectivity index (χ1v) is 7.30. The van der Waals surface area contributed by atoms with Crippen molar-refractivity contribution in [2.75, 3.05) is 13.2 Å². The summed E-state index contributed by atoms with van der Waals surface area (Å²) in [5.74, 6) is -0.132. The van der Waals surface area contributed by atoms with E-state index in [-0.39, 0.29) is 18.6 Å². The number of hydrogen-bond donors (Lipinski definition) is 1. The van der Waals surface area contributed by atoms with Gasteiger partial charge in [0, 0.05) is 23.8 Å². The number of halogens is 1. The molecule has 6 heteroatoms. The topological polar surface area (TPSA) is 58.4 Å². The van der Waals surface area contributed by atoms with E-state index in [1.807, 2.05) is 12.1 Å². The van der Waals surface area contributed by atoms with Gasteiger partial charge in [0.2, 0.25) is 0 Å². The first kappa shape index (κ1) is 14.1. The summed E-state index contributed by atoms with van der Waals surface area (Å²) in [4.78, 5) is 14.1. The van der Waals surface area contributed by atoms with Crippen LogP contribution < -0.4 is 0 Å². The molecule has 1 aromatic heterocycles. The van der Waals surface area contributed by atoms with Gasteiger partial charge in [0.15, 0.2) is 5.69 Å². The molecule has 1 N–H and O–H groups in total. The maximum atomic E-state index is 12.4. The van der Waals surface area contributed by atoms with E-state index >= 15 is 0 Å². The van der Waals surface area contributed by atoms with Crippen LogP contribution in [-0.4, -0.2) is 44.9 Å². The largest absolute Gasteiger partial charge is 0.395 e. The van der Waals surface area contributed by atoms with Crippen LogP contribution in [0.15, 0.2) is 36.5 Å². The van der Waals surface area contributed by atoms with Crippen molar-refractivity contribution in [1.82, 2.24) is 14.7 Å². The number of rotatable bonds is 5. The van der Waals surface area contributed by atoms with Gasteiger partial charge in [0.1, 0.15) is 0 Å². The summed E-state index contributed by atoms with van der Waals surface area (Å²) < 4.78 is 1.63. The molecule has 1 heterocycles. The van der Waals surface area contributed by atoms with E-state index in [0.717, 1.165) is 18.5 Å². The molecule has 1 aliphatic rings. The molecule has 1 aromatic carbocycles. The first-order chi connectivity index (χ1) is 10.2. The Labute approximate surface area is 127 Å². The zero-order valence-electron chi connectivity index (χ0n) is 11.4. The molecule has 0 saturated heterocycles. The Morgan fingerprint density at radius 3 is 2.90 bits per heavy atom. The van der Waals surface area contributed by atoms with Gasteiger partial charge >= 0.3 is 0 Å². The van der Waals surface area contributed by atoms with Gasteiger partial charge in [-0.2, -0.15) is 5.10 Å². The molecule has 1 fully saturated rings. The Kier molecular flexibility index (Phi) is 3.94. The molecule has 1 amide bonds. The van der Waals surface area contributed by atoms with Gasteiger partial charge < -0.3 is 10.0 Å². The zero-order valence-corrected chi connectivity index (χ0v) is 12.2. The Hall–Kier alpha value is -1.85. The second-order valence-corrected chi connectivity index (χ2v) is 5.52. The summed E-state index contributed by atoms with van der Waals surface area (Å²) in [6, 6.07) is 9.23. The lowest BCUT2D eigenvalue weighted by Gasteiger charge is -2.19. The summed E-state index contributed by atoms with van der Waals surface area (Å²) in [6.45, 7) is 0.324. The molecular formula is C15H16ClN3O2. The number of carbonyl (C=O) groups is 1. The van der Waals surface area contributed by atoms with Crippen LogP contribution in [0.3, 0.4) is 0 Å². The molecule has 0 radical (unpaired) electrons. The molecule has 0 unspecified atom stereocenters. The molecule has 0 aliphatic heterocycles. The van der Waals surface area contributed by atoms with Crippen LogP contribution in [0, 0.1) is 0 Å². The standard InChI is InChI=1S/C15H16ClN3O2/c16-11-2-1-3-13(10-11)19-7-6-14(17-19)15(21)18(8-9-20)12-4-5-12/h1-3,6-7,10,12,20H,4-5,8-9H2. The van der Waals surface area contributed by atoms with Crippen LogP contribution in [-0.2, 0) is 0 Å². The van der Waals surface area contributed by atoms with Gasteiger partial charge in [-0.1, -0.05) is 17.7 Å².